The lowest BCUT2D eigenvalue weighted by molar-refractivity contribution is 0.0295. The van der Waals surface area contributed by atoms with Crippen molar-refractivity contribution in [2.75, 3.05) is 13.1 Å². The molecule has 1 aromatic heterocycles. The molecule has 1 atom stereocenters. The number of hydrogen-bond acceptors (Lipinski definition) is 6. The van der Waals surface area contributed by atoms with E-state index >= 15 is 0 Å². The van der Waals surface area contributed by atoms with Crippen LogP contribution in [0.1, 0.15) is 32.1 Å². The van der Waals surface area contributed by atoms with Gasteiger partial charge in [-0.15, -0.1) is 11.3 Å². The van der Waals surface area contributed by atoms with Gasteiger partial charge in [-0.3, -0.25) is 0 Å². The topological polar surface area (TPSA) is 76.6 Å². The van der Waals surface area contributed by atoms with Crippen molar-refractivity contribution in [3.8, 4) is 0 Å². The quantitative estimate of drug-likeness (QED) is 0.822. The predicted molar refractivity (Wildman–Crippen MR) is 86.0 cm³/mol. The molecule has 0 aromatic carbocycles. The van der Waals surface area contributed by atoms with Crippen LogP contribution in [0.4, 0.5) is 4.79 Å². The third-order valence-electron chi connectivity index (χ3n) is 3.17. The molecule has 1 aromatic rings. The zero-order valence-corrected chi connectivity index (χ0v) is 15.1. The van der Waals surface area contributed by atoms with E-state index in [1.54, 1.807) is 20.8 Å². The summed E-state index contributed by atoms with van der Waals surface area (Å²) in [5, 5.41) is -0.569. The van der Waals surface area contributed by atoms with Crippen LogP contribution in [-0.2, 0) is 20.3 Å². The molecular formula is C13H19ClN2O4S2. The van der Waals surface area contributed by atoms with Gasteiger partial charge in [0.25, 0.3) is 0 Å². The summed E-state index contributed by atoms with van der Waals surface area (Å²) < 4.78 is 30.4. The smallest absolute Gasteiger partial charge is 0.410 e. The minimum absolute atomic E-state index is 0.0930. The molecule has 1 fully saturated rings. The van der Waals surface area contributed by atoms with E-state index in [0.29, 0.717) is 22.3 Å². The number of thiazole rings is 1. The second-order valence-corrected chi connectivity index (χ2v) is 10.2. The molecule has 1 unspecified atom stereocenters. The van der Waals surface area contributed by atoms with Crippen molar-refractivity contribution >= 4 is 38.9 Å². The van der Waals surface area contributed by atoms with Gasteiger partial charge in [-0.2, -0.15) is 0 Å². The average Bonchev–Trinajstić information content (AvgIpc) is 2.95. The SMILES string of the molecule is CC(C)(C)OC(=O)N1CCC(S(=O)(=O)Cc2cnc(Cl)s2)C1. The van der Waals surface area contributed by atoms with Crippen LogP contribution in [0.2, 0.25) is 4.47 Å². The van der Waals surface area contributed by atoms with Crippen LogP contribution in [0.25, 0.3) is 0 Å². The summed E-state index contributed by atoms with van der Waals surface area (Å²) in [5.41, 5.74) is -0.590. The molecule has 1 aliphatic heterocycles. The molecule has 6 nitrogen and oxygen atoms in total. The fourth-order valence-electron chi connectivity index (χ4n) is 2.18. The Balaban J connectivity index is 1.98. The summed E-state index contributed by atoms with van der Waals surface area (Å²) in [6.45, 7) is 5.90. The molecule has 0 saturated carbocycles. The molecule has 1 aliphatic rings. The number of hydrogen-bond donors (Lipinski definition) is 0. The second kappa shape index (κ2) is 6.33. The van der Waals surface area contributed by atoms with E-state index in [-0.39, 0.29) is 12.3 Å². The van der Waals surface area contributed by atoms with Gasteiger partial charge in [0.05, 0.1) is 11.0 Å². The molecule has 0 aliphatic carbocycles. The maximum Gasteiger partial charge on any atom is 0.410 e. The highest BCUT2D eigenvalue weighted by Gasteiger charge is 2.37. The van der Waals surface area contributed by atoms with Crippen LogP contribution in [0.5, 0.6) is 0 Å². The van der Waals surface area contributed by atoms with Crippen LogP contribution in [0, 0.1) is 0 Å². The van der Waals surface area contributed by atoms with Crippen molar-refractivity contribution < 1.29 is 17.9 Å². The minimum Gasteiger partial charge on any atom is -0.444 e. The fourth-order valence-corrected chi connectivity index (χ4v) is 5.26. The highest BCUT2D eigenvalue weighted by molar-refractivity contribution is 7.91. The van der Waals surface area contributed by atoms with Crippen LogP contribution < -0.4 is 0 Å². The molecule has 0 N–H and O–H groups in total. The van der Waals surface area contributed by atoms with Gasteiger partial charge in [-0.1, -0.05) is 11.6 Å². The van der Waals surface area contributed by atoms with E-state index in [1.165, 1.54) is 11.1 Å². The average molecular weight is 367 g/mol. The first kappa shape index (κ1) is 17.5. The summed E-state index contributed by atoms with van der Waals surface area (Å²) in [7, 11) is -3.35. The van der Waals surface area contributed by atoms with E-state index in [1.807, 2.05) is 0 Å². The molecule has 2 heterocycles. The second-order valence-electron chi connectivity index (χ2n) is 6.22. The Morgan fingerprint density at radius 1 is 1.55 bits per heavy atom. The summed E-state index contributed by atoms with van der Waals surface area (Å²) >= 11 is 6.88. The van der Waals surface area contributed by atoms with Gasteiger partial charge in [0.2, 0.25) is 0 Å². The Kier molecular flexibility index (Phi) is 5.03. The summed E-state index contributed by atoms with van der Waals surface area (Å²) in [6, 6.07) is 0. The number of amides is 1. The van der Waals surface area contributed by atoms with Gasteiger partial charge >= 0.3 is 6.09 Å². The molecule has 2 rings (SSSR count). The van der Waals surface area contributed by atoms with E-state index < -0.39 is 26.8 Å². The minimum atomic E-state index is -3.35. The van der Waals surface area contributed by atoms with Crippen molar-refractivity contribution in [2.24, 2.45) is 0 Å². The van der Waals surface area contributed by atoms with Crippen molar-refractivity contribution in [1.82, 2.24) is 9.88 Å². The van der Waals surface area contributed by atoms with Crippen LogP contribution in [-0.4, -0.2) is 48.3 Å². The Morgan fingerprint density at radius 3 is 2.77 bits per heavy atom. The molecule has 0 bridgehead atoms. The van der Waals surface area contributed by atoms with E-state index in [0.717, 1.165) is 11.3 Å². The van der Waals surface area contributed by atoms with E-state index in [4.69, 9.17) is 16.3 Å². The van der Waals surface area contributed by atoms with Crippen molar-refractivity contribution in [3.05, 3.63) is 15.5 Å². The highest BCUT2D eigenvalue weighted by atomic mass is 35.5. The third kappa shape index (κ3) is 4.57. The number of carbonyl (C=O) groups is 1. The standard InChI is InChI=1S/C13H19ClN2O4S2/c1-13(2,3)20-12(17)16-5-4-10(7-16)22(18,19)8-9-6-15-11(14)21-9/h6,10H,4-5,7-8H2,1-3H3. The van der Waals surface area contributed by atoms with Crippen LogP contribution >= 0.6 is 22.9 Å². The van der Waals surface area contributed by atoms with Gasteiger partial charge in [0, 0.05) is 24.2 Å². The number of halogens is 1. The van der Waals surface area contributed by atoms with Gasteiger partial charge in [-0.25, -0.2) is 18.2 Å². The maximum atomic E-state index is 12.4. The molecular weight excluding hydrogens is 348 g/mol. The molecule has 22 heavy (non-hydrogen) atoms. The number of nitrogens with zero attached hydrogens (tertiary/aromatic N) is 2. The largest absolute Gasteiger partial charge is 0.444 e. The Bertz CT molecular complexity index is 651. The molecule has 9 heteroatoms. The molecule has 0 spiro atoms. The molecule has 1 saturated heterocycles. The van der Waals surface area contributed by atoms with Crippen molar-refractivity contribution in [1.29, 1.82) is 0 Å². The third-order valence-corrected chi connectivity index (χ3v) is 6.58. The lowest BCUT2D eigenvalue weighted by atomic mass is 10.2. The highest BCUT2D eigenvalue weighted by Crippen LogP contribution is 2.25. The monoisotopic (exact) mass is 366 g/mol. The first-order valence-electron chi connectivity index (χ1n) is 6.86. The zero-order valence-electron chi connectivity index (χ0n) is 12.7. The Hall–Kier alpha value is -0.860. The number of aromatic nitrogens is 1. The van der Waals surface area contributed by atoms with Gasteiger partial charge < -0.3 is 9.64 Å². The molecule has 1 amide bonds. The summed E-state index contributed by atoms with van der Waals surface area (Å²) in [4.78, 5) is 17.9. The lowest BCUT2D eigenvalue weighted by Gasteiger charge is -2.24. The normalized spacial score (nSPS) is 19.5. The van der Waals surface area contributed by atoms with E-state index in [9.17, 15) is 13.2 Å². The van der Waals surface area contributed by atoms with Crippen molar-refractivity contribution in [2.45, 2.75) is 43.8 Å². The summed E-state index contributed by atoms with van der Waals surface area (Å²) in [5.74, 6) is -0.0930. The number of carbonyl (C=O) groups excluding carboxylic acids is 1. The number of rotatable bonds is 3. The van der Waals surface area contributed by atoms with Crippen LogP contribution in [0.3, 0.4) is 0 Å². The zero-order chi connectivity index (χ0) is 16.5. The van der Waals surface area contributed by atoms with Gasteiger partial charge in [-0.05, 0) is 27.2 Å². The fraction of sp³-hybridized carbons (Fsp3) is 0.692. The number of ether oxygens (including phenoxy) is 1. The number of sulfone groups is 1. The van der Waals surface area contributed by atoms with Gasteiger partial charge in [0.1, 0.15) is 5.60 Å². The lowest BCUT2D eigenvalue weighted by Crippen LogP contribution is -2.36. The molecule has 0 radical (unpaired) electrons. The van der Waals surface area contributed by atoms with Crippen molar-refractivity contribution in [3.63, 3.8) is 0 Å². The predicted octanol–water partition coefficient (Wildman–Crippen LogP) is 2.72. The van der Waals surface area contributed by atoms with Crippen LogP contribution in [0.15, 0.2) is 6.20 Å². The first-order chi connectivity index (χ1) is 10.1. The number of likely N-dealkylation sites (tertiary alicyclic amines) is 1. The first-order valence-corrected chi connectivity index (χ1v) is 9.77. The maximum absolute atomic E-state index is 12.4. The van der Waals surface area contributed by atoms with E-state index in [2.05, 4.69) is 4.98 Å². The Morgan fingerprint density at radius 2 is 2.23 bits per heavy atom. The Labute approximate surface area is 139 Å². The summed E-state index contributed by atoms with van der Waals surface area (Å²) in [6.07, 6.45) is 1.44. The van der Waals surface area contributed by atoms with Gasteiger partial charge in [0.15, 0.2) is 14.3 Å². The molecule has 124 valence electrons.